The highest BCUT2D eigenvalue weighted by Gasteiger charge is 2.16. The van der Waals surface area contributed by atoms with Crippen LogP contribution in [0.3, 0.4) is 0 Å². The summed E-state index contributed by atoms with van der Waals surface area (Å²) in [6.45, 7) is 1.28. The van der Waals surface area contributed by atoms with Crippen LogP contribution < -0.4 is 14.8 Å². The van der Waals surface area contributed by atoms with E-state index >= 15 is 0 Å². The second kappa shape index (κ2) is 8.61. The molecule has 1 N–H and O–H groups in total. The fourth-order valence-corrected chi connectivity index (χ4v) is 2.27. The Labute approximate surface area is 155 Å². The number of methoxy groups -OCH3 is 2. The summed E-state index contributed by atoms with van der Waals surface area (Å²) < 4.78 is 10.4. The zero-order valence-electron chi connectivity index (χ0n) is 15.0. The smallest absolute Gasteiger partial charge is 0.269 e. The largest absolute Gasteiger partial charge is 0.497 e. The summed E-state index contributed by atoms with van der Waals surface area (Å²) in [5.41, 5.74) is 0.707. The van der Waals surface area contributed by atoms with E-state index in [0.717, 1.165) is 0 Å². The lowest BCUT2D eigenvalue weighted by molar-refractivity contribution is -0.384. The number of ether oxygens (including phenoxy) is 2. The van der Waals surface area contributed by atoms with E-state index in [0.29, 0.717) is 22.7 Å². The number of ketones is 1. The average Bonchev–Trinajstić information content (AvgIpc) is 2.65. The molecule has 0 radical (unpaired) electrons. The van der Waals surface area contributed by atoms with Gasteiger partial charge in [-0.15, -0.1) is 0 Å². The molecule has 0 spiro atoms. The molecule has 0 aromatic heterocycles. The summed E-state index contributed by atoms with van der Waals surface area (Å²) in [6, 6.07) is 10.3. The zero-order valence-corrected chi connectivity index (χ0v) is 15.0. The molecule has 8 heteroatoms. The molecule has 0 atom stereocenters. The van der Waals surface area contributed by atoms with Crippen molar-refractivity contribution in [3.05, 3.63) is 63.7 Å². The van der Waals surface area contributed by atoms with E-state index in [2.05, 4.69) is 5.32 Å². The Morgan fingerprint density at radius 1 is 1.04 bits per heavy atom. The van der Waals surface area contributed by atoms with E-state index in [4.69, 9.17) is 9.47 Å². The van der Waals surface area contributed by atoms with Gasteiger partial charge >= 0.3 is 0 Å². The maximum absolute atomic E-state index is 12.5. The number of Topliss-reactive ketones (excluding diaryl/α,β-unsaturated/α-hetero) is 1. The van der Waals surface area contributed by atoms with Crippen molar-refractivity contribution in [3.8, 4) is 11.5 Å². The molecule has 2 aromatic rings. The number of nitrogens with zero attached hydrogens (tertiary/aromatic N) is 1. The van der Waals surface area contributed by atoms with Gasteiger partial charge < -0.3 is 14.8 Å². The lowest BCUT2D eigenvalue weighted by Gasteiger charge is -2.09. The number of nitro benzene ring substituents is 1. The Morgan fingerprint density at radius 3 is 2.04 bits per heavy atom. The van der Waals surface area contributed by atoms with Gasteiger partial charge in [0.05, 0.1) is 24.7 Å². The van der Waals surface area contributed by atoms with Crippen molar-refractivity contribution in [1.82, 2.24) is 0 Å². The molecule has 2 rings (SSSR count). The van der Waals surface area contributed by atoms with Gasteiger partial charge in [0.1, 0.15) is 11.5 Å². The summed E-state index contributed by atoms with van der Waals surface area (Å²) in [5, 5.41) is 13.2. The van der Waals surface area contributed by atoms with E-state index in [1.165, 1.54) is 51.5 Å². The third kappa shape index (κ3) is 5.15. The maximum Gasteiger partial charge on any atom is 0.269 e. The van der Waals surface area contributed by atoms with Crippen LogP contribution in [-0.4, -0.2) is 30.8 Å². The van der Waals surface area contributed by atoms with Gasteiger partial charge in [0.15, 0.2) is 5.78 Å². The highest BCUT2D eigenvalue weighted by molar-refractivity contribution is 6.25. The van der Waals surface area contributed by atoms with Gasteiger partial charge in [-0.3, -0.25) is 19.7 Å². The maximum atomic E-state index is 12.5. The number of nitrogens with one attached hydrogen (secondary N) is 1. The Kier molecular flexibility index (Phi) is 6.27. The van der Waals surface area contributed by atoms with Crippen LogP contribution in [0.25, 0.3) is 6.08 Å². The molecular formula is C19H18N2O6. The van der Waals surface area contributed by atoms with Crippen LogP contribution in [-0.2, 0) is 9.59 Å². The highest BCUT2D eigenvalue weighted by Crippen LogP contribution is 2.24. The van der Waals surface area contributed by atoms with Crippen LogP contribution in [0, 0.1) is 10.1 Å². The minimum atomic E-state index is -0.627. The molecule has 0 aliphatic rings. The van der Waals surface area contributed by atoms with Crippen LogP contribution >= 0.6 is 0 Å². The van der Waals surface area contributed by atoms with Crippen molar-refractivity contribution >= 4 is 29.1 Å². The SMILES string of the molecule is COc1cc(/C=C(\C(C)=O)C(=O)Nc2ccc([N+](=O)[O-])cc2)cc(OC)c1. The lowest BCUT2D eigenvalue weighted by atomic mass is 10.1. The first kappa shape index (κ1) is 19.6. The first-order chi connectivity index (χ1) is 12.8. The van der Waals surface area contributed by atoms with Crippen molar-refractivity contribution in [3.63, 3.8) is 0 Å². The zero-order chi connectivity index (χ0) is 20.0. The second-order valence-corrected chi connectivity index (χ2v) is 5.52. The quantitative estimate of drug-likeness (QED) is 0.264. The number of hydrogen-bond acceptors (Lipinski definition) is 6. The van der Waals surface area contributed by atoms with Crippen LogP contribution in [0.5, 0.6) is 11.5 Å². The second-order valence-electron chi connectivity index (χ2n) is 5.52. The molecule has 8 nitrogen and oxygen atoms in total. The Bertz CT molecular complexity index is 881. The number of hydrogen-bond donors (Lipinski definition) is 1. The lowest BCUT2D eigenvalue weighted by Crippen LogP contribution is -2.18. The molecule has 27 heavy (non-hydrogen) atoms. The number of rotatable bonds is 7. The van der Waals surface area contributed by atoms with E-state index in [1.807, 2.05) is 0 Å². The third-order valence-electron chi connectivity index (χ3n) is 3.64. The predicted octanol–water partition coefficient (Wildman–Crippen LogP) is 3.22. The van der Waals surface area contributed by atoms with Gasteiger partial charge in [-0.1, -0.05) is 0 Å². The molecular weight excluding hydrogens is 352 g/mol. The first-order valence-corrected chi connectivity index (χ1v) is 7.85. The number of amides is 1. The molecule has 0 bridgehead atoms. The first-order valence-electron chi connectivity index (χ1n) is 7.85. The third-order valence-corrected chi connectivity index (χ3v) is 3.64. The average molecular weight is 370 g/mol. The predicted molar refractivity (Wildman–Crippen MR) is 99.9 cm³/mol. The summed E-state index contributed by atoms with van der Waals surface area (Å²) in [5.74, 6) is -0.0344. The van der Waals surface area contributed by atoms with Gasteiger partial charge in [0.25, 0.3) is 11.6 Å². The molecule has 0 heterocycles. The highest BCUT2D eigenvalue weighted by atomic mass is 16.6. The summed E-state index contributed by atoms with van der Waals surface area (Å²) in [4.78, 5) is 34.6. The number of non-ortho nitro benzene ring substituents is 1. The normalized spacial score (nSPS) is 10.9. The van der Waals surface area contributed by atoms with Crippen molar-refractivity contribution in [2.24, 2.45) is 0 Å². The van der Waals surface area contributed by atoms with E-state index in [1.54, 1.807) is 18.2 Å². The Balaban J connectivity index is 2.30. The minimum Gasteiger partial charge on any atom is -0.497 e. The van der Waals surface area contributed by atoms with Crippen LogP contribution in [0.15, 0.2) is 48.0 Å². The number of benzene rings is 2. The van der Waals surface area contributed by atoms with E-state index in [-0.39, 0.29) is 11.3 Å². The molecule has 1 amide bonds. The van der Waals surface area contributed by atoms with Crippen LogP contribution in [0.4, 0.5) is 11.4 Å². The molecule has 0 aliphatic carbocycles. The van der Waals surface area contributed by atoms with Crippen molar-refractivity contribution in [2.45, 2.75) is 6.92 Å². The van der Waals surface area contributed by atoms with E-state index < -0.39 is 16.6 Å². The van der Waals surface area contributed by atoms with Gasteiger partial charge in [0, 0.05) is 23.9 Å². The summed E-state index contributed by atoms with van der Waals surface area (Å²) in [6.07, 6.45) is 1.42. The van der Waals surface area contributed by atoms with Crippen LogP contribution in [0.1, 0.15) is 12.5 Å². The number of carbonyl (C=O) groups is 2. The van der Waals surface area contributed by atoms with Gasteiger partial charge in [0.2, 0.25) is 0 Å². The van der Waals surface area contributed by atoms with Crippen molar-refractivity contribution < 1.29 is 24.0 Å². The molecule has 0 fully saturated rings. The number of anilines is 1. The van der Waals surface area contributed by atoms with Crippen LogP contribution in [0.2, 0.25) is 0 Å². The van der Waals surface area contributed by atoms with E-state index in [9.17, 15) is 19.7 Å². The van der Waals surface area contributed by atoms with Crippen molar-refractivity contribution in [1.29, 1.82) is 0 Å². The summed E-state index contributed by atoms with van der Waals surface area (Å²) in [7, 11) is 2.99. The van der Waals surface area contributed by atoms with Crippen molar-refractivity contribution in [2.75, 3.05) is 19.5 Å². The monoisotopic (exact) mass is 370 g/mol. The Hall–Kier alpha value is -3.68. The summed E-state index contributed by atoms with van der Waals surface area (Å²) >= 11 is 0. The number of nitro groups is 1. The topological polar surface area (TPSA) is 108 Å². The molecule has 2 aromatic carbocycles. The molecule has 140 valence electrons. The molecule has 0 unspecified atom stereocenters. The van der Waals surface area contributed by atoms with Gasteiger partial charge in [-0.2, -0.15) is 0 Å². The standard InChI is InChI=1S/C19H18N2O6/c1-12(22)18(10-13-8-16(26-2)11-17(9-13)27-3)19(23)20-14-4-6-15(7-5-14)21(24)25/h4-11H,1-3H3,(H,20,23)/b18-10+. The molecule has 0 saturated carbocycles. The molecule has 0 aliphatic heterocycles. The minimum absolute atomic E-state index is 0.0799. The number of carbonyl (C=O) groups excluding carboxylic acids is 2. The molecule has 0 saturated heterocycles. The Morgan fingerprint density at radius 2 is 1.59 bits per heavy atom. The fourth-order valence-electron chi connectivity index (χ4n) is 2.27. The van der Waals surface area contributed by atoms with Gasteiger partial charge in [-0.25, -0.2) is 0 Å². The van der Waals surface area contributed by atoms with Gasteiger partial charge in [-0.05, 0) is 42.8 Å². The fraction of sp³-hybridized carbons (Fsp3) is 0.158.